The van der Waals surface area contributed by atoms with Crippen molar-refractivity contribution in [3.8, 4) is 0 Å². The van der Waals surface area contributed by atoms with E-state index in [2.05, 4.69) is 4.98 Å². The van der Waals surface area contributed by atoms with Crippen molar-refractivity contribution in [2.24, 2.45) is 0 Å². The summed E-state index contributed by atoms with van der Waals surface area (Å²) in [7, 11) is 1.69. The van der Waals surface area contributed by atoms with Gasteiger partial charge in [0.1, 0.15) is 5.69 Å². The molecule has 116 valence electrons. The summed E-state index contributed by atoms with van der Waals surface area (Å²) in [5, 5.41) is 1.06. The Kier molecular flexibility index (Phi) is 4.94. The molecule has 4 nitrogen and oxygen atoms in total. The molecule has 1 N–H and O–H groups in total. The molecule has 0 spiro atoms. The minimum atomic E-state index is -0.235. The minimum Gasteiger partial charge on any atom is -0.356 e. The molecule has 2 aromatic rings. The Morgan fingerprint density at radius 3 is 2.45 bits per heavy atom. The van der Waals surface area contributed by atoms with Gasteiger partial charge in [-0.3, -0.25) is 9.59 Å². The second-order valence-corrected chi connectivity index (χ2v) is 5.96. The fraction of sp³-hybridized carbons (Fsp3) is 0.250. The number of H-pyrrole nitrogens is 1. The molecule has 1 aromatic heterocycles. The molecule has 0 bridgehead atoms. The zero-order chi connectivity index (χ0) is 16.4. The predicted octanol–water partition coefficient (Wildman–Crippen LogP) is 4.36. The first-order chi connectivity index (χ1) is 10.3. The molecule has 0 aliphatic rings. The van der Waals surface area contributed by atoms with Gasteiger partial charge >= 0.3 is 0 Å². The van der Waals surface area contributed by atoms with Gasteiger partial charge in [-0.1, -0.05) is 29.3 Å². The number of carbonyl (C=O) groups is 2. The Morgan fingerprint density at radius 2 is 1.91 bits per heavy atom. The second-order valence-electron chi connectivity index (χ2n) is 5.12. The number of carbonyl (C=O) groups excluding carboxylic acids is 2. The van der Waals surface area contributed by atoms with Crippen molar-refractivity contribution in [1.29, 1.82) is 0 Å². The maximum Gasteiger partial charge on any atom is 0.270 e. The number of benzene rings is 1. The quantitative estimate of drug-likeness (QED) is 0.842. The molecule has 22 heavy (non-hydrogen) atoms. The van der Waals surface area contributed by atoms with Crippen LogP contribution in [-0.4, -0.2) is 28.6 Å². The van der Waals surface area contributed by atoms with Crippen molar-refractivity contribution in [2.75, 3.05) is 7.05 Å². The lowest BCUT2D eigenvalue weighted by molar-refractivity contribution is 0.0737. The highest BCUT2D eigenvalue weighted by Crippen LogP contribution is 2.29. The van der Waals surface area contributed by atoms with Crippen molar-refractivity contribution >= 4 is 34.9 Å². The van der Waals surface area contributed by atoms with E-state index in [0.717, 1.165) is 5.56 Å². The van der Waals surface area contributed by atoms with Crippen LogP contribution >= 0.6 is 23.2 Å². The Hall–Kier alpha value is -1.78. The third-order valence-corrected chi connectivity index (χ3v) is 4.20. The molecular formula is C16H16Cl2N2O2. The van der Waals surface area contributed by atoms with Gasteiger partial charge in [0.2, 0.25) is 0 Å². The molecule has 0 unspecified atom stereocenters. The highest BCUT2D eigenvalue weighted by molar-refractivity contribution is 6.35. The first-order valence-electron chi connectivity index (χ1n) is 6.72. The van der Waals surface area contributed by atoms with Crippen LogP contribution in [0.5, 0.6) is 0 Å². The van der Waals surface area contributed by atoms with Crippen molar-refractivity contribution in [1.82, 2.24) is 9.88 Å². The number of ketones is 1. The fourth-order valence-electron chi connectivity index (χ4n) is 2.14. The number of halogens is 2. The van der Waals surface area contributed by atoms with Crippen LogP contribution in [0.25, 0.3) is 0 Å². The van der Waals surface area contributed by atoms with Gasteiger partial charge < -0.3 is 9.88 Å². The molecule has 0 radical (unpaired) electrons. The summed E-state index contributed by atoms with van der Waals surface area (Å²) >= 11 is 12.1. The van der Waals surface area contributed by atoms with Gasteiger partial charge in [0.15, 0.2) is 5.78 Å². The Balaban J connectivity index is 2.23. The standard InChI is InChI=1S/C16H16Cl2N2O2/c1-9(13-5-4-12(17)7-14(13)18)20(3)16(22)15-6-11(8-19-15)10(2)21/h4-9,19H,1-3H3/t9-/m1/s1. The van der Waals surface area contributed by atoms with Gasteiger partial charge in [0.25, 0.3) is 5.91 Å². The SMILES string of the molecule is CC(=O)c1c[nH]c(C(=O)N(C)[C@H](C)c2ccc(Cl)cc2Cl)c1. The molecule has 0 aliphatic carbocycles. The number of Topliss-reactive ketones (excluding diaryl/α,β-unsaturated/α-hetero) is 1. The number of amides is 1. The zero-order valence-electron chi connectivity index (χ0n) is 12.5. The maximum absolute atomic E-state index is 12.5. The summed E-state index contributed by atoms with van der Waals surface area (Å²) in [6.45, 7) is 3.33. The van der Waals surface area contributed by atoms with Gasteiger partial charge in [0, 0.05) is 28.9 Å². The van der Waals surface area contributed by atoms with Gasteiger partial charge in [0.05, 0.1) is 6.04 Å². The topological polar surface area (TPSA) is 53.2 Å². The summed E-state index contributed by atoms with van der Waals surface area (Å²) in [4.78, 5) is 28.2. The molecule has 1 atom stereocenters. The van der Waals surface area contributed by atoms with E-state index in [1.165, 1.54) is 13.1 Å². The number of aromatic amines is 1. The average molecular weight is 339 g/mol. The van der Waals surface area contributed by atoms with Crippen molar-refractivity contribution in [3.63, 3.8) is 0 Å². The van der Waals surface area contributed by atoms with Crippen molar-refractivity contribution in [3.05, 3.63) is 57.3 Å². The van der Waals surface area contributed by atoms with Crippen molar-refractivity contribution in [2.45, 2.75) is 19.9 Å². The molecule has 0 aliphatic heterocycles. The summed E-state index contributed by atoms with van der Waals surface area (Å²) in [6, 6.07) is 6.50. The van der Waals surface area contributed by atoms with E-state index in [4.69, 9.17) is 23.2 Å². The van der Waals surface area contributed by atoms with Gasteiger partial charge in [-0.15, -0.1) is 0 Å². The van der Waals surface area contributed by atoms with E-state index in [0.29, 0.717) is 21.3 Å². The first-order valence-corrected chi connectivity index (χ1v) is 7.48. The summed E-state index contributed by atoms with van der Waals surface area (Å²) in [6.07, 6.45) is 1.53. The summed E-state index contributed by atoms with van der Waals surface area (Å²) in [5.74, 6) is -0.308. The molecular weight excluding hydrogens is 323 g/mol. The summed E-state index contributed by atoms with van der Waals surface area (Å²) < 4.78 is 0. The van der Waals surface area contributed by atoms with Crippen LogP contribution in [0.3, 0.4) is 0 Å². The Labute approximate surface area is 139 Å². The van der Waals surface area contributed by atoms with Crippen LogP contribution in [0.1, 0.15) is 46.3 Å². The third-order valence-electron chi connectivity index (χ3n) is 3.63. The van der Waals surface area contributed by atoms with Crippen LogP contribution in [0.4, 0.5) is 0 Å². The van der Waals surface area contributed by atoms with E-state index in [-0.39, 0.29) is 17.7 Å². The highest BCUT2D eigenvalue weighted by atomic mass is 35.5. The van der Waals surface area contributed by atoms with Gasteiger partial charge in [-0.25, -0.2) is 0 Å². The minimum absolute atomic E-state index is 0.0910. The van der Waals surface area contributed by atoms with Crippen LogP contribution in [0.2, 0.25) is 10.0 Å². The number of hydrogen-bond acceptors (Lipinski definition) is 2. The normalized spacial score (nSPS) is 12.0. The van der Waals surface area contributed by atoms with Crippen molar-refractivity contribution < 1.29 is 9.59 Å². The Morgan fingerprint density at radius 1 is 1.23 bits per heavy atom. The first kappa shape index (κ1) is 16.6. The number of nitrogens with zero attached hydrogens (tertiary/aromatic N) is 1. The van der Waals surface area contributed by atoms with E-state index in [9.17, 15) is 9.59 Å². The van der Waals surface area contributed by atoms with Crippen LogP contribution in [0.15, 0.2) is 30.5 Å². The molecule has 0 saturated carbocycles. The molecule has 1 heterocycles. The average Bonchev–Trinajstić information content (AvgIpc) is 2.95. The fourth-order valence-corrected chi connectivity index (χ4v) is 2.70. The second kappa shape index (κ2) is 6.55. The largest absolute Gasteiger partial charge is 0.356 e. The lowest BCUT2D eigenvalue weighted by Gasteiger charge is -2.25. The van der Waals surface area contributed by atoms with E-state index >= 15 is 0 Å². The molecule has 1 amide bonds. The molecule has 0 fully saturated rings. The molecule has 0 saturated heterocycles. The smallest absolute Gasteiger partial charge is 0.270 e. The van der Waals surface area contributed by atoms with E-state index in [1.807, 2.05) is 6.92 Å². The van der Waals surface area contributed by atoms with Crippen LogP contribution < -0.4 is 0 Å². The lowest BCUT2D eigenvalue weighted by atomic mass is 10.1. The van der Waals surface area contributed by atoms with E-state index < -0.39 is 0 Å². The summed E-state index contributed by atoms with van der Waals surface area (Å²) in [5.41, 5.74) is 1.65. The lowest BCUT2D eigenvalue weighted by Crippen LogP contribution is -2.30. The number of aromatic nitrogens is 1. The molecule has 6 heteroatoms. The van der Waals surface area contributed by atoms with Gasteiger partial charge in [-0.2, -0.15) is 0 Å². The number of hydrogen-bond donors (Lipinski definition) is 1. The molecule has 2 rings (SSSR count). The monoisotopic (exact) mass is 338 g/mol. The van der Waals surface area contributed by atoms with E-state index in [1.54, 1.807) is 36.2 Å². The van der Waals surface area contributed by atoms with Crippen LogP contribution in [-0.2, 0) is 0 Å². The number of nitrogens with one attached hydrogen (secondary N) is 1. The highest BCUT2D eigenvalue weighted by Gasteiger charge is 2.22. The predicted molar refractivity (Wildman–Crippen MR) is 87.8 cm³/mol. The molecule has 1 aromatic carbocycles. The third kappa shape index (κ3) is 3.34. The maximum atomic E-state index is 12.5. The zero-order valence-corrected chi connectivity index (χ0v) is 14.0. The van der Waals surface area contributed by atoms with Crippen LogP contribution in [0, 0.1) is 0 Å². The Bertz CT molecular complexity index is 725. The van der Waals surface area contributed by atoms with Gasteiger partial charge in [-0.05, 0) is 37.6 Å². The number of rotatable bonds is 4.